The summed E-state index contributed by atoms with van der Waals surface area (Å²) in [5.41, 5.74) is 2.88. The van der Waals surface area contributed by atoms with Crippen LogP contribution in [0, 0.1) is 6.92 Å². The SMILES string of the molecule is CC[C@@H](C)NC(=O)[C@H](CC)N(Cc1ccc(Cl)cc1Cl)C(=O)CN(c1ccc(C(C)C)cc1)S(=O)(=O)c1ccc(C)cc1. The van der Waals surface area contributed by atoms with E-state index >= 15 is 0 Å². The first-order chi connectivity index (χ1) is 20.3. The molecule has 43 heavy (non-hydrogen) atoms. The number of nitrogens with zero attached hydrogens (tertiary/aromatic N) is 2. The van der Waals surface area contributed by atoms with Gasteiger partial charge in [-0.1, -0.05) is 86.8 Å². The third-order valence-corrected chi connectivity index (χ3v) is 9.85. The van der Waals surface area contributed by atoms with Crippen molar-refractivity contribution in [2.24, 2.45) is 0 Å². The van der Waals surface area contributed by atoms with Crippen molar-refractivity contribution in [2.45, 2.75) is 83.8 Å². The first-order valence-corrected chi connectivity index (χ1v) is 16.7. The van der Waals surface area contributed by atoms with Crippen molar-refractivity contribution in [1.29, 1.82) is 0 Å². The lowest BCUT2D eigenvalue weighted by Gasteiger charge is -2.34. The summed E-state index contributed by atoms with van der Waals surface area (Å²) >= 11 is 12.6. The number of benzene rings is 3. The third-order valence-electron chi connectivity index (χ3n) is 7.48. The average molecular weight is 647 g/mol. The maximum Gasteiger partial charge on any atom is 0.264 e. The van der Waals surface area contributed by atoms with Crippen LogP contribution in [0.3, 0.4) is 0 Å². The van der Waals surface area contributed by atoms with Gasteiger partial charge in [0.15, 0.2) is 0 Å². The second-order valence-electron chi connectivity index (χ2n) is 11.1. The molecular formula is C33H41Cl2N3O4S. The Hall–Kier alpha value is -3.07. The number of carbonyl (C=O) groups is 2. The lowest BCUT2D eigenvalue weighted by atomic mass is 10.0. The lowest BCUT2D eigenvalue weighted by molar-refractivity contribution is -0.140. The molecule has 0 radical (unpaired) electrons. The molecule has 0 spiro atoms. The molecule has 0 saturated carbocycles. The Labute approximate surface area is 266 Å². The highest BCUT2D eigenvalue weighted by atomic mass is 35.5. The van der Waals surface area contributed by atoms with E-state index in [4.69, 9.17) is 23.2 Å². The minimum atomic E-state index is -4.15. The van der Waals surface area contributed by atoms with Crippen LogP contribution in [0.5, 0.6) is 0 Å². The molecule has 0 fully saturated rings. The molecule has 3 aromatic carbocycles. The van der Waals surface area contributed by atoms with E-state index in [1.807, 2.05) is 39.8 Å². The lowest BCUT2D eigenvalue weighted by Crippen LogP contribution is -2.53. The molecule has 0 unspecified atom stereocenters. The number of anilines is 1. The zero-order valence-corrected chi connectivity index (χ0v) is 27.9. The molecule has 0 saturated heterocycles. The maximum absolute atomic E-state index is 14.2. The predicted octanol–water partition coefficient (Wildman–Crippen LogP) is 7.34. The second-order valence-corrected chi connectivity index (χ2v) is 13.8. The van der Waals surface area contributed by atoms with E-state index < -0.39 is 28.5 Å². The second kappa shape index (κ2) is 15.1. The fourth-order valence-corrected chi connectivity index (χ4v) is 6.47. The van der Waals surface area contributed by atoms with Gasteiger partial charge in [0, 0.05) is 22.6 Å². The number of sulfonamides is 1. The van der Waals surface area contributed by atoms with Gasteiger partial charge in [-0.2, -0.15) is 0 Å². The highest BCUT2D eigenvalue weighted by molar-refractivity contribution is 7.92. The topological polar surface area (TPSA) is 86.8 Å². The summed E-state index contributed by atoms with van der Waals surface area (Å²) in [6.45, 7) is 11.1. The average Bonchev–Trinajstić information content (AvgIpc) is 2.96. The van der Waals surface area contributed by atoms with Gasteiger partial charge in [0.1, 0.15) is 12.6 Å². The van der Waals surface area contributed by atoms with E-state index in [1.54, 1.807) is 42.5 Å². The number of carbonyl (C=O) groups excluding carboxylic acids is 2. The molecule has 10 heteroatoms. The van der Waals surface area contributed by atoms with Crippen LogP contribution in [0.4, 0.5) is 5.69 Å². The first-order valence-electron chi connectivity index (χ1n) is 14.5. The fraction of sp³-hybridized carbons (Fsp3) is 0.394. The van der Waals surface area contributed by atoms with Gasteiger partial charge < -0.3 is 10.2 Å². The molecule has 3 aromatic rings. The summed E-state index contributed by atoms with van der Waals surface area (Å²) in [4.78, 5) is 29.2. The van der Waals surface area contributed by atoms with Crippen LogP contribution < -0.4 is 9.62 Å². The third kappa shape index (κ3) is 8.74. The van der Waals surface area contributed by atoms with Gasteiger partial charge in [0.05, 0.1) is 10.6 Å². The van der Waals surface area contributed by atoms with Crippen LogP contribution in [-0.4, -0.2) is 43.8 Å². The van der Waals surface area contributed by atoms with Crippen molar-refractivity contribution in [3.05, 3.63) is 93.5 Å². The van der Waals surface area contributed by atoms with Crippen LogP contribution in [-0.2, 0) is 26.2 Å². The van der Waals surface area contributed by atoms with E-state index in [1.165, 1.54) is 17.0 Å². The van der Waals surface area contributed by atoms with Crippen molar-refractivity contribution in [3.8, 4) is 0 Å². The molecular weight excluding hydrogens is 605 g/mol. The van der Waals surface area contributed by atoms with Crippen molar-refractivity contribution >= 4 is 50.7 Å². The summed E-state index contributed by atoms with van der Waals surface area (Å²) in [5.74, 6) is -0.614. The molecule has 0 aromatic heterocycles. The number of hydrogen-bond acceptors (Lipinski definition) is 4. The molecule has 2 atom stereocenters. The minimum Gasteiger partial charge on any atom is -0.352 e. The highest BCUT2D eigenvalue weighted by Gasteiger charge is 2.34. The summed E-state index contributed by atoms with van der Waals surface area (Å²) in [7, 11) is -4.15. The first kappa shape index (κ1) is 34.4. The Morgan fingerprint density at radius 3 is 2.05 bits per heavy atom. The van der Waals surface area contributed by atoms with E-state index in [9.17, 15) is 18.0 Å². The highest BCUT2D eigenvalue weighted by Crippen LogP contribution is 2.28. The molecule has 0 heterocycles. The van der Waals surface area contributed by atoms with Gasteiger partial charge in [0.2, 0.25) is 11.8 Å². The number of halogens is 2. The van der Waals surface area contributed by atoms with Gasteiger partial charge in [-0.15, -0.1) is 0 Å². The molecule has 1 N–H and O–H groups in total. The van der Waals surface area contributed by atoms with Crippen LogP contribution in [0.2, 0.25) is 10.0 Å². The smallest absolute Gasteiger partial charge is 0.264 e. The van der Waals surface area contributed by atoms with Crippen molar-refractivity contribution in [1.82, 2.24) is 10.2 Å². The Bertz CT molecular complexity index is 1510. The van der Waals surface area contributed by atoms with Crippen molar-refractivity contribution < 1.29 is 18.0 Å². The van der Waals surface area contributed by atoms with Crippen molar-refractivity contribution in [3.63, 3.8) is 0 Å². The van der Waals surface area contributed by atoms with E-state index in [-0.39, 0.29) is 29.3 Å². The van der Waals surface area contributed by atoms with Gasteiger partial charge in [0.25, 0.3) is 10.0 Å². The maximum atomic E-state index is 14.2. The standard InChI is InChI=1S/C33H41Cl2N3O4S/c1-7-24(6)36-33(40)31(8-2)37(20-26-11-14-27(34)19-30(26)35)32(39)21-38(28-15-12-25(13-16-28)22(3)4)43(41,42)29-17-9-23(5)10-18-29/h9-19,22,24,31H,7-8,20-21H2,1-6H3,(H,36,40)/t24-,31+/m1/s1. The Morgan fingerprint density at radius 2 is 1.51 bits per heavy atom. The fourth-order valence-electron chi connectivity index (χ4n) is 4.59. The molecule has 232 valence electrons. The van der Waals surface area contributed by atoms with E-state index in [2.05, 4.69) is 19.2 Å². The van der Waals surface area contributed by atoms with Gasteiger partial charge in [-0.3, -0.25) is 13.9 Å². The molecule has 0 aliphatic rings. The Balaban J connectivity index is 2.10. The summed E-state index contributed by atoms with van der Waals surface area (Å²) in [5, 5.41) is 3.75. The molecule has 7 nitrogen and oxygen atoms in total. The summed E-state index contributed by atoms with van der Waals surface area (Å²) in [6, 6.07) is 17.6. The largest absolute Gasteiger partial charge is 0.352 e. The van der Waals surface area contributed by atoms with Gasteiger partial charge in [-0.25, -0.2) is 8.42 Å². The molecule has 2 amide bonds. The predicted molar refractivity (Wildman–Crippen MR) is 175 cm³/mol. The van der Waals surface area contributed by atoms with E-state index in [0.29, 0.717) is 34.1 Å². The van der Waals surface area contributed by atoms with E-state index in [0.717, 1.165) is 15.4 Å². The normalized spacial score (nSPS) is 13.0. The van der Waals surface area contributed by atoms with Gasteiger partial charge >= 0.3 is 0 Å². The number of rotatable bonds is 13. The van der Waals surface area contributed by atoms with Crippen LogP contribution >= 0.6 is 23.2 Å². The minimum absolute atomic E-state index is 0.00796. The molecule has 0 aliphatic heterocycles. The summed E-state index contributed by atoms with van der Waals surface area (Å²) < 4.78 is 29.2. The van der Waals surface area contributed by atoms with Crippen LogP contribution in [0.1, 0.15) is 70.1 Å². The van der Waals surface area contributed by atoms with Crippen LogP contribution in [0.25, 0.3) is 0 Å². The zero-order chi connectivity index (χ0) is 31.9. The molecule has 0 bridgehead atoms. The quantitative estimate of drug-likeness (QED) is 0.211. The molecule has 0 aliphatic carbocycles. The Kier molecular flexibility index (Phi) is 12.1. The summed E-state index contributed by atoms with van der Waals surface area (Å²) in [6.07, 6.45) is 1.03. The Morgan fingerprint density at radius 1 is 0.884 bits per heavy atom. The van der Waals surface area contributed by atoms with Crippen LogP contribution in [0.15, 0.2) is 71.6 Å². The monoisotopic (exact) mass is 645 g/mol. The number of amides is 2. The number of nitrogens with one attached hydrogen (secondary N) is 1. The van der Waals surface area contributed by atoms with Gasteiger partial charge in [-0.05, 0) is 80.1 Å². The van der Waals surface area contributed by atoms with Crippen molar-refractivity contribution in [2.75, 3.05) is 10.8 Å². The number of hydrogen-bond donors (Lipinski definition) is 1. The molecule has 3 rings (SSSR count). The number of aryl methyl sites for hydroxylation is 1. The zero-order valence-electron chi connectivity index (χ0n) is 25.6.